The normalized spacial score (nSPS) is 16.7. The van der Waals surface area contributed by atoms with Gasteiger partial charge < -0.3 is 0 Å². The zero-order chi connectivity index (χ0) is 15.6. The van der Waals surface area contributed by atoms with Crippen molar-refractivity contribution in [3.8, 4) is 6.07 Å². The Labute approximate surface area is 129 Å². The third kappa shape index (κ3) is 3.54. The number of sulfonamides is 1. The van der Waals surface area contributed by atoms with Crippen LogP contribution in [0.25, 0.3) is 0 Å². The minimum Gasteiger partial charge on any atom is -0.207 e. The van der Waals surface area contributed by atoms with Gasteiger partial charge in [0.2, 0.25) is 10.0 Å². The molecule has 2 rings (SSSR count). The van der Waals surface area contributed by atoms with Gasteiger partial charge in [-0.2, -0.15) is 9.57 Å². The van der Waals surface area contributed by atoms with E-state index in [1.807, 2.05) is 13.0 Å². The van der Waals surface area contributed by atoms with Crippen molar-refractivity contribution < 1.29 is 12.8 Å². The molecule has 1 aromatic carbocycles. The largest absolute Gasteiger partial charge is 0.244 e. The molecule has 0 unspecified atom stereocenters. The molecular formula is C14H16ClFN2O2S. The third-order valence-electron chi connectivity index (χ3n) is 3.68. The number of nitriles is 1. The van der Waals surface area contributed by atoms with Crippen molar-refractivity contribution in [1.82, 2.24) is 4.31 Å². The van der Waals surface area contributed by atoms with Crippen LogP contribution >= 0.6 is 11.6 Å². The van der Waals surface area contributed by atoms with Crippen molar-refractivity contribution in [3.05, 3.63) is 29.0 Å². The molecule has 1 atom stereocenters. The first-order chi connectivity index (χ1) is 9.87. The summed E-state index contributed by atoms with van der Waals surface area (Å²) < 4.78 is 39.9. The zero-order valence-corrected chi connectivity index (χ0v) is 13.2. The van der Waals surface area contributed by atoms with Crippen molar-refractivity contribution in [2.75, 3.05) is 6.54 Å². The van der Waals surface area contributed by atoms with Crippen LogP contribution < -0.4 is 0 Å². The summed E-state index contributed by atoms with van der Waals surface area (Å²) in [5, 5.41) is 8.59. The zero-order valence-electron chi connectivity index (χ0n) is 11.6. The Balaban J connectivity index is 2.38. The Morgan fingerprint density at radius 3 is 2.71 bits per heavy atom. The monoisotopic (exact) mass is 330 g/mol. The lowest BCUT2D eigenvalue weighted by Crippen LogP contribution is -2.40. The molecule has 7 heteroatoms. The van der Waals surface area contributed by atoms with Crippen molar-refractivity contribution in [2.45, 2.75) is 37.1 Å². The molecule has 0 heterocycles. The first-order valence-corrected chi connectivity index (χ1v) is 8.53. The summed E-state index contributed by atoms with van der Waals surface area (Å²) >= 11 is 5.88. The smallest absolute Gasteiger partial charge is 0.207 e. The van der Waals surface area contributed by atoms with Crippen LogP contribution in [0.15, 0.2) is 23.1 Å². The summed E-state index contributed by atoms with van der Waals surface area (Å²) in [7, 11) is -3.84. The minimum absolute atomic E-state index is 0.106. The van der Waals surface area contributed by atoms with Crippen LogP contribution in [0.1, 0.15) is 26.2 Å². The van der Waals surface area contributed by atoms with Gasteiger partial charge in [0, 0.05) is 19.0 Å². The summed E-state index contributed by atoms with van der Waals surface area (Å²) in [4.78, 5) is -0.115. The average molecular weight is 331 g/mol. The molecule has 1 aromatic rings. The molecule has 0 aliphatic heterocycles. The van der Waals surface area contributed by atoms with E-state index in [2.05, 4.69) is 0 Å². The van der Waals surface area contributed by atoms with Crippen molar-refractivity contribution in [1.29, 1.82) is 5.26 Å². The van der Waals surface area contributed by atoms with E-state index in [-0.39, 0.29) is 28.9 Å². The Morgan fingerprint density at radius 2 is 2.19 bits per heavy atom. The fraction of sp³-hybridized carbons (Fsp3) is 0.500. The van der Waals surface area contributed by atoms with Gasteiger partial charge in [0.1, 0.15) is 10.7 Å². The van der Waals surface area contributed by atoms with Gasteiger partial charge >= 0.3 is 0 Å². The van der Waals surface area contributed by atoms with Gasteiger partial charge in [-0.25, -0.2) is 12.8 Å². The first-order valence-electron chi connectivity index (χ1n) is 6.71. The molecule has 1 fully saturated rings. The van der Waals surface area contributed by atoms with E-state index in [9.17, 15) is 12.8 Å². The number of nitrogens with zero attached hydrogens (tertiary/aromatic N) is 2. The summed E-state index contributed by atoms with van der Waals surface area (Å²) in [6.45, 7) is 1.95. The van der Waals surface area contributed by atoms with Gasteiger partial charge in [0.05, 0.1) is 11.1 Å². The van der Waals surface area contributed by atoms with Gasteiger partial charge in [-0.05, 0) is 43.9 Å². The fourth-order valence-corrected chi connectivity index (χ4v) is 4.53. The molecule has 0 aromatic heterocycles. The molecule has 0 bridgehead atoms. The highest BCUT2D eigenvalue weighted by Gasteiger charge is 2.38. The SMILES string of the molecule is C[C@H](C1CC1)N(CCC#N)S(=O)(=O)c1ccc(F)cc1Cl. The minimum atomic E-state index is -3.84. The molecule has 0 N–H and O–H groups in total. The number of rotatable bonds is 6. The van der Waals surface area contributed by atoms with Gasteiger partial charge in [-0.15, -0.1) is 0 Å². The highest BCUT2D eigenvalue weighted by Crippen LogP contribution is 2.38. The predicted molar refractivity (Wildman–Crippen MR) is 77.7 cm³/mol. The van der Waals surface area contributed by atoms with Crippen LogP contribution in [0.5, 0.6) is 0 Å². The van der Waals surface area contributed by atoms with E-state index in [0.29, 0.717) is 5.92 Å². The van der Waals surface area contributed by atoms with Crippen LogP contribution in [0, 0.1) is 23.1 Å². The molecule has 1 saturated carbocycles. The highest BCUT2D eigenvalue weighted by molar-refractivity contribution is 7.89. The summed E-state index contributed by atoms with van der Waals surface area (Å²) in [5.41, 5.74) is 0. The molecule has 21 heavy (non-hydrogen) atoms. The maximum atomic E-state index is 13.1. The lowest BCUT2D eigenvalue weighted by Gasteiger charge is -2.28. The average Bonchev–Trinajstić information content (AvgIpc) is 3.22. The van der Waals surface area contributed by atoms with E-state index in [1.54, 1.807) is 0 Å². The third-order valence-corrected chi connectivity index (χ3v) is 6.15. The number of halogens is 2. The molecule has 114 valence electrons. The van der Waals surface area contributed by atoms with Gasteiger partial charge in [0.25, 0.3) is 0 Å². The van der Waals surface area contributed by atoms with Crippen molar-refractivity contribution in [3.63, 3.8) is 0 Å². The predicted octanol–water partition coefficient (Wildman–Crippen LogP) is 3.18. The lowest BCUT2D eigenvalue weighted by atomic mass is 10.2. The molecule has 0 saturated heterocycles. The molecule has 0 spiro atoms. The van der Waals surface area contributed by atoms with Crippen molar-refractivity contribution >= 4 is 21.6 Å². The first kappa shape index (κ1) is 16.2. The van der Waals surface area contributed by atoms with Gasteiger partial charge in [0.15, 0.2) is 0 Å². The Hall–Kier alpha value is -1.16. The molecule has 1 aliphatic carbocycles. The number of hydrogen-bond donors (Lipinski definition) is 0. The van der Waals surface area contributed by atoms with Crippen LogP contribution in [0.4, 0.5) is 4.39 Å². The molecule has 1 aliphatic rings. The van der Waals surface area contributed by atoms with E-state index in [1.165, 1.54) is 10.4 Å². The molecule has 0 amide bonds. The number of hydrogen-bond acceptors (Lipinski definition) is 3. The lowest BCUT2D eigenvalue weighted by molar-refractivity contribution is 0.314. The summed E-state index contributed by atoms with van der Waals surface area (Å²) in [5.74, 6) is -0.268. The van der Waals surface area contributed by atoms with E-state index < -0.39 is 15.8 Å². The standard InChI is InChI=1S/C14H16ClFN2O2S/c1-10(11-3-4-11)18(8-2-7-17)21(19,20)14-6-5-12(16)9-13(14)15/h5-6,9-11H,2-4,8H2,1H3/t10-/m1/s1. The van der Waals surface area contributed by atoms with Crippen LogP contribution in [0.3, 0.4) is 0 Å². The van der Waals surface area contributed by atoms with E-state index in [0.717, 1.165) is 25.0 Å². The molecule has 4 nitrogen and oxygen atoms in total. The second-order valence-electron chi connectivity index (χ2n) is 5.18. The van der Waals surface area contributed by atoms with Crippen molar-refractivity contribution in [2.24, 2.45) is 5.92 Å². The summed E-state index contributed by atoms with van der Waals surface area (Å²) in [6, 6.07) is 5.00. The Morgan fingerprint density at radius 1 is 1.52 bits per heavy atom. The van der Waals surface area contributed by atoms with Gasteiger partial charge in [-0.1, -0.05) is 11.6 Å². The van der Waals surface area contributed by atoms with Crippen LogP contribution in [-0.2, 0) is 10.0 Å². The molecule has 0 radical (unpaired) electrons. The highest BCUT2D eigenvalue weighted by atomic mass is 35.5. The quantitative estimate of drug-likeness (QED) is 0.804. The molecular weight excluding hydrogens is 315 g/mol. The second-order valence-corrected chi connectivity index (χ2v) is 7.44. The van der Waals surface area contributed by atoms with Crippen LogP contribution in [-0.4, -0.2) is 25.3 Å². The fourth-order valence-electron chi connectivity index (χ4n) is 2.33. The number of benzene rings is 1. The maximum Gasteiger partial charge on any atom is 0.244 e. The van der Waals surface area contributed by atoms with Gasteiger partial charge in [-0.3, -0.25) is 0 Å². The Kier molecular flexibility index (Phi) is 4.87. The Bertz CT molecular complexity index is 668. The summed E-state index contributed by atoms with van der Waals surface area (Å²) in [6.07, 6.45) is 2.07. The maximum absolute atomic E-state index is 13.1. The second kappa shape index (κ2) is 6.30. The topological polar surface area (TPSA) is 61.2 Å². The van der Waals surface area contributed by atoms with E-state index >= 15 is 0 Å². The van der Waals surface area contributed by atoms with Crippen LogP contribution in [0.2, 0.25) is 5.02 Å². The van der Waals surface area contributed by atoms with E-state index in [4.69, 9.17) is 16.9 Å².